The van der Waals surface area contributed by atoms with E-state index >= 15 is 0 Å². The van der Waals surface area contributed by atoms with E-state index in [4.69, 9.17) is 12.2 Å². The van der Waals surface area contributed by atoms with Gasteiger partial charge in [0.05, 0.1) is 17.1 Å². The number of thioether (sulfide) groups is 2. The first-order valence-corrected chi connectivity index (χ1v) is 11.9. The number of thiocarbonyl (C=S) groups is 1. The second-order valence-electron chi connectivity index (χ2n) is 7.05. The van der Waals surface area contributed by atoms with E-state index in [1.165, 1.54) is 4.90 Å². The van der Waals surface area contributed by atoms with Crippen molar-refractivity contribution in [1.29, 1.82) is 0 Å². The van der Waals surface area contributed by atoms with Crippen LogP contribution < -0.4 is 0 Å². The lowest BCUT2D eigenvalue weighted by atomic mass is 10.2. The van der Waals surface area contributed by atoms with Crippen molar-refractivity contribution < 1.29 is 24.0 Å². The molecule has 1 atom stereocenters. The molecule has 0 spiro atoms. The summed E-state index contributed by atoms with van der Waals surface area (Å²) in [5.41, 5.74) is 0.972. The van der Waals surface area contributed by atoms with Crippen LogP contribution in [0, 0.1) is 0 Å². The average Bonchev–Trinajstić information content (AvgIpc) is 3.34. The van der Waals surface area contributed by atoms with Gasteiger partial charge in [-0.3, -0.25) is 38.7 Å². The summed E-state index contributed by atoms with van der Waals surface area (Å²) in [5.74, 6) is -1.73. The first kappa shape index (κ1) is 22.4. The maximum absolute atomic E-state index is 12.9. The van der Waals surface area contributed by atoms with Gasteiger partial charge in [-0.25, -0.2) is 0 Å². The molecular weight excluding hydrogens is 470 g/mol. The number of carbonyl (C=O) groups excluding carboxylic acids is 5. The smallest absolute Gasteiger partial charge is 0.280 e. The van der Waals surface area contributed by atoms with Crippen LogP contribution in [0.3, 0.4) is 0 Å². The molecule has 0 aliphatic carbocycles. The summed E-state index contributed by atoms with van der Waals surface area (Å²) in [6, 6.07) is 8.55. The van der Waals surface area contributed by atoms with Gasteiger partial charge in [-0.15, -0.1) is 0 Å². The van der Waals surface area contributed by atoms with Gasteiger partial charge in [-0.2, -0.15) is 0 Å². The average molecular weight is 488 g/mol. The summed E-state index contributed by atoms with van der Waals surface area (Å²) in [6.07, 6.45) is 5.03. The Labute approximate surface area is 197 Å². The highest BCUT2D eigenvalue weighted by Gasteiger charge is 2.48. The Morgan fingerprint density at radius 3 is 2.41 bits per heavy atom. The molecule has 3 fully saturated rings. The summed E-state index contributed by atoms with van der Waals surface area (Å²) in [6.45, 7) is -0.159. The molecule has 0 bridgehead atoms. The van der Waals surface area contributed by atoms with Crippen molar-refractivity contribution in [2.24, 2.45) is 0 Å². The van der Waals surface area contributed by atoms with E-state index in [9.17, 15) is 24.0 Å². The fourth-order valence-electron chi connectivity index (χ4n) is 3.47. The van der Waals surface area contributed by atoms with Crippen molar-refractivity contribution in [2.75, 3.05) is 18.8 Å². The van der Waals surface area contributed by atoms with Gasteiger partial charge in [0.2, 0.25) is 11.8 Å². The number of benzene rings is 1. The Hall–Kier alpha value is -2.76. The van der Waals surface area contributed by atoms with Crippen LogP contribution in [0.4, 0.5) is 4.79 Å². The van der Waals surface area contributed by atoms with Crippen LogP contribution in [0.5, 0.6) is 0 Å². The predicted molar refractivity (Wildman–Crippen MR) is 125 cm³/mol. The molecule has 0 N–H and O–H groups in total. The summed E-state index contributed by atoms with van der Waals surface area (Å²) in [7, 11) is 0. The molecule has 3 aliphatic rings. The third kappa shape index (κ3) is 4.41. The van der Waals surface area contributed by atoms with E-state index in [2.05, 4.69) is 0 Å². The largest absolute Gasteiger partial charge is 0.288 e. The molecule has 1 aromatic carbocycles. The van der Waals surface area contributed by atoms with E-state index in [-0.39, 0.29) is 35.5 Å². The standard InChI is InChI=1S/C21H17N3O5S3/c25-16-11-14(18(27)22(16)9-10-23-17(26)12-31-20(23)29)24-19(28)15(32-21(24)30)8-4-7-13-5-2-1-3-6-13/h1-8,14H,9-12H2/b7-4+,15-8-/t14-/m0/s1. The first-order valence-electron chi connectivity index (χ1n) is 9.67. The Morgan fingerprint density at radius 1 is 1.00 bits per heavy atom. The molecule has 1 aromatic rings. The second-order valence-corrected chi connectivity index (χ2v) is 9.65. The number of rotatable bonds is 6. The van der Waals surface area contributed by atoms with E-state index < -0.39 is 29.0 Å². The van der Waals surface area contributed by atoms with Crippen LogP contribution in [0.2, 0.25) is 0 Å². The van der Waals surface area contributed by atoms with E-state index in [1.54, 1.807) is 12.2 Å². The maximum atomic E-state index is 12.9. The molecule has 3 aliphatic heterocycles. The molecule has 0 radical (unpaired) electrons. The molecule has 0 aromatic heterocycles. The van der Waals surface area contributed by atoms with E-state index in [1.807, 2.05) is 36.4 Å². The minimum absolute atomic E-state index is 0.0581. The first-order chi connectivity index (χ1) is 15.4. The number of hydrogen-bond acceptors (Lipinski definition) is 8. The van der Waals surface area contributed by atoms with Gasteiger partial charge in [-0.05, 0) is 11.6 Å². The van der Waals surface area contributed by atoms with Crippen molar-refractivity contribution >= 4 is 75.0 Å². The topological polar surface area (TPSA) is 95.1 Å². The number of imide groups is 2. The lowest BCUT2D eigenvalue weighted by Crippen LogP contribution is -2.46. The maximum Gasteiger partial charge on any atom is 0.288 e. The minimum Gasteiger partial charge on any atom is -0.280 e. The number of hydrogen-bond donors (Lipinski definition) is 0. The Balaban J connectivity index is 1.43. The van der Waals surface area contributed by atoms with Gasteiger partial charge >= 0.3 is 0 Å². The van der Waals surface area contributed by atoms with Gasteiger partial charge in [0, 0.05) is 13.1 Å². The zero-order valence-corrected chi connectivity index (χ0v) is 19.1. The number of amides is 5. The highest BCUT2D eigenvalue weighted by atomic mass is 32.2. The van der Waals surface area contributed by atoms with Crippen molar-refractivity contribution in [2.45, 2.75) is 12.5 Å². The van der Waals surface area contributed by atoms with Crippen LogP contribution in [0.25, 0.3) is 6.08 Å². The molecule has 164 valence electrons. The molecule has 11 heteroatoms. The van der Waals surface area contributed by atoms with Gasteiger partial charge < -0.3 is 0 Å². The molecule has 5 amide bonds. The van der Waals surface area contributed by atoms with E-state index in [0.717, 1.165) is 38.9 Å². The third-order valence-corrected chi connectivity index (χ3v) is 7.29. The third-order valence-electron chi connectivity index (χ3n) is 5.08. The molecular formula is C21H17N3O5S3. The number of nitrogens with zero attached hydrogens (tertiary/aromatic N) is 3. The number of likely N-dealkylation sites (tertiary alicyclic amines) is 1. The number of carbonyl (C=O) groups is 5. The SMILES string of the molecule is O=C1CSC(=O)N1CCN1C(=O)C[C@H](N2C(=O)/C(=C/C=C/c3ccccc3)SC2=S)C1=O. The Kier molecular flexibility index (Phi) is 6.58. The van der Waals surface area contributed by atoms with Crippen LogP contribution in [0.1, 0.15) is 12.0 Å². The Bertz CT molecular complexity index is 1070. The lowest BCUT2D eigenvalue weighted by Gasteiger charge is -2.22. The van der Waals surface area contributed by atoms with Crippen LogP contribution >= 0.6 is 35.7 Å². The van der Waals surface area contributed by atoms with Crippen molar-refractivity contribution in [3.05, 3.63) is 53.0 Å². The fourth-order valence-corrected chi connectivity index (χ4v) is 5.53. The van der Waals surface area contributed by atoms with Crippen molar-refractivity contribution in [3.63, 3.8) is 0 Å². The molecule has 4 rings (SSSR count). The van der Waals surface area contributed by atoms with Gasteiger partial charge in [0.25, 0.3) is 17.1 Å². The zero-order chi connectivity index (χ0) is 22.8. The molecule has 3 saturated heterocycles. The van der Waals surface area contributed by atoms with Crippen molar-refractivity contribution in [3.8, 4) is 0 Å². The van der Waals surface area contributed by atoms with Gasteiger partial charge in [0.1, 0.15) is 10.4 Å². The predicted octanol–water partition coefficient (Wildman–Crippen LogP) is 2.27. The quantitative estimate of drug-likeness (QED) is 0.343. The Morgan fingerprint density at radius 2 is 1.72 bits per heavy atom. The second kappa shape index (κ2) is 9.39. The molecule has 8 nitrogen and oxygen atoms in total. The fraction of sp³-hybridized carbons (Fsp3) is 0.238. The van der Waals surface area contributed by atoms with Crippen molar-refractivity contribution in [1.82, 2.24) is 14.7 Å². The summed E-state index contributed by atoms with van der Waals surface area (Å²) in [5, 5.41) is -0.392. The van der Waals surface area contributed by atoms with Crippen LogP contribution in [-0.4, -0.2) is 72.8 Å². The van der Waals surface area contributed by atoms with Gasteiger partial charge in [-0.1, -0.05) is 78.2 Å². The van der Waals surface area contributed by atoms with Gasteiger partial charge in [0.15, 0.2) is 0 Å². The summed E-state index contributed by atoms with van der Waals surface area (Å²) >= 11 is 7.28. The minimum atomic E-state index is -1.02. The molecule has 0 saturated carbocycles. The molecule has 3 heterocycles. The molecule has 0 unspecified atom stereocenters. The lowest BCUT2D eigenvalue weighted by molar-refractivity contribution is -0.141. The van der Waals surface area contributed by atoms with Crippen LogP contribution in [-0.2, 0) is 19.2 Å². The summed E-state index contributed by atoms with van der Waals surface area (Å²) < 4.78 is 0.212. The highest BCUT2D eigenvalue weighted by Crippen LogP contribution is 2.35. The monoisotopic (exact) mass is 487 g/mol. The summed E-state index contributed by atoms with van der Waals surface area (Å²) in [4.78, 5) is 65.2. The number of allylic oxidation sites excluding steroid dienone is 2. The molecule has 32 heavy (non-hydrogen) atoms. The highest BCUT2D eigenvalue weighted by molar-refractivity contribution is 8.26. The van der Waals surface area contributed by atoms with Crippen LogP contribution in [0.15, 0.2) is 47.4 Å². The normalized spacial score (nSPS) is 23.2. The zero-order valence-electron chi connectivity index (χ0n) is 16.6. The van der Waals surface area contributed by atoms with E-state index in [0.29, 0.717) is 4.91 Å².